The first-order chi connectivity index (χ1) is 12.3. The van der Waals surface area contributed by atoms with Crippen molar-refractivity contribution in [3.8, 4) is 0 Å². The first-order valence-electron chi connectivity index (χ1n) is 8.74. The lowest BCUT2D eigenvalue weighted by Crippen LogP contribution is -2.36. The fourth-order valence-electron chi connectivity index (χ4n) is 3.47. The Balaban J connectivity index is 1.35. The fourth-order valence-corrected chi connectivity index (χ4v) is 3.47. The maximum absolute atomic E-state index is 12.3. The summed E-state index contributed by atoms with van der Waals surface area (Å²) in [6, 6.07) is 12.0. The summed E-state index contributed by atoms with van der Waals surface area (Å²) in [7, 11) is 0. The second-order valence-corrected chi connectivity index (χ2v) is 6.39. The number of nitrogens with one attached hydrogen (secondary N) is 2. The van der Waals surface area contributed by atoms with Gasteiger partial charge in [0.1, 0.15) is 5.82 Å². The average molecular weight is 338 g/mol. The highest BCUT2D eigenvalue weighted by molar-refractivity contribution is 5.89. The summed E-state index contributed by atoms with van der Waals surface area (Å²) in [4.78, 5) is 18.9. The van der Waals surface area contributed by atoms with Crippen molar-refractivity contribution in [1.82, 2.24) is 10.3 Å². The van der Waals surface area contributed by atoms with Gasteiger partial charge in [0, 0.05) is 13.1 Å². The number of morpholine rings is 1. The molecular weight excluding hydrogens is 316 g/mol. The van der Waals surface area contributed by atoms with Gasteiger partial charge >= 0.3 is 6.03 Å². The minimum absolute atomic E-state index is 0.0804. The molecule has 6 nitrogen and oxygen atoms in total. The molecule has 2 heterocycles. The molecule has 1 aliphatic carbocycles. The molecule has 0 saturated carbocycles. The number of amides is 2. The van der Waals surface area contributed by atoms with Crippen LogP contribution in [0, 0.1) is 0 Å². The zero-order valence-electron chi connectivity index (χ0n) is 14.1. The van der Waals surface area contributed by atoms with E-state index in [-0.39, 0.29) is 12.1 Å². The number of nitrogens with zero attached hydrogens (tertiary/aromatic N) is 2. The predicted molar refractivity (Wildman–Crippen MR) is 96.9 cm³/mol. The third-order valence-electron chi connectivity index (χ3n) is 4.78. The topological polar surface area (TPSA) is 66.5 Å². The van der Waals surface area contributed by atoms with E-state index in [1.807, 2.05) is 24.3 Å². The van der Waals surface area contributed by atoms with Crippen LogP contribution in [0.4, 0.5) is 16.3 Å². The molecule has 25 heavy (non-hydrogen) atoms. The van der Waals surface area contributed by atoms with Crippen LogP contribution in [0.2, 0.25) is 0 Å². The molecule has 0 bridgehead atoms. The predicted octanol–water partition coefficient (Wildman–Crippen LogP) is 2.73. The number of urea groups is 1. The van der Waals surface area contributed by atoms with Crippen molar-refractivity contribution < 1.29 is 9.53 Å². The Labute approximate surface area is 147 Å². The number of hydrogen-bond acceptors (Lipinski definition) is 4. The van der Waals surface area contributed by atoms with Gasteiger partial charge in [0.15, 0.2) is 0 Å². The molecule has 0 spiro atoms. The van der Waals surface area contributed by atoms with Gasteiger partial charge in [-0.1, -0.05) is 24.3 Å². The highest BCUT2D eigenvalue weighted by Crippen LogP contribution is 2.30. The molecule has 0 unspecified atom stereocenters. The smallest absolute Gasteiger partial charge is 0.319 e. The largest absolute Gasteiger partial charge is 0.378 e. The number of anilines is 2. The summed E-state index contributed by atoms with van der Waals surface area (Å²) in [5.41, 5.74) is 3.24. The number of fused-ring (bicyclic) bond motifs is 1. The summed E-state index contributed by atoms with van der Waals surface area (Å²) in [6.07, 6.45) is 3.66. The maximum atomic E-state index is 12.3. The summed E-state index contributed by atoms with van der Waals surface area (Å²) in [5.74, 6) is 0.916. The van der Waals surface area contributed by atoms with E-state index in [2.05, 4.69) is 32.7 Å². The lowest BCUT2D eigenvalue weighted by molar-refractivity contribution is 0.122. The third-order valence-corrected chi connectivity index (χ3v) is 4.78. The number of rotatable bonds is 3. The Bertz CT molecular complexity index is 741. The fraction of sp³-hybridized carbons (Fsp3) is 0.368. The minimum Gasteiger partial charge on any atom is -0.378 e. The summed E-state index contributed by atoms with van der Waals surface area (Å²) in [5, 5.41) is 5.93. The number of carbonyl (C=O) groups excluding carboxylic acids is 1. The van der Waals surface area contributed by atoms with Crippen LogP contribution in [0.5, 0.6) is 0 Å². The van der Waals surface area contributed by atoms with Crippen LogP contribution < -0.4 is 15.5 Å². The molecule has 1 aromatic heterocycles. The van der Waals surface area contributed by atoms with Crippen LogP contribution in [0.1, 0.15) is 23.6 Å². The zero-order valence-corrected chi connectivity index (χ0v) is 14.1. The molecule has 1 fully saturated rings. The molecule has 1 saturated heterocycles. The van der Waals surface area contributed by atoms with Gasteiger partial charge in [0.2, 0.25) is 0 Å². The van der Waals surface area contributed by atoms with Gasteiger partial charge in [-0.15, -0.1) is 0 Å². The van der Waals surface area contributed by atoms with Gasteiger partial charge in [-0.2, -0.15) is 0 Å². The normalized spacial score (nSPS) is 19.4. The molecule has 1 atom stereocenters. The van der Waals surface area contributed by atoms with E-state index in [0.29, 0.717) is 5.69 Å². The van der Waals surface area contributed by atoms with Crippen molar-refractivity contribution in [2.24, 2.45) is 0 Å². The van der Waals surface area contributed by atoms with Gasteiger partial charge in [-0.25, -0.2) is 9.78 Å². The Morgan fingerprint density at radius 3 is 2.80 bits per heavy atom. The second-order valence-electron chi connectivity index (χ2n) is 6.39. The number of ether oxygens (including phenoxy) is 1. The summed E-state index contributed by atoms with van der Waals surface area (Å²) < 4.78 is 5.35. The molecule has 1 aromatic carbocycles. The SMILES string of the molecule is O=C(Nc1ccc(N2CCOCC2)nc1)N[C@H]1CCc2ccccc21. The first-order valence-corrected chi connectivity index (χ1v) is 8.74. The van der Waals surface area contributed by atoms with E-state index in [1.165, 1.54) is 11.1 Å². The third kappa shape index (κ3) is 3.58. The minimum atomic E-state index is -0.192. The van der Waals surface area contributed by atoms with Crippen LogP contribution >= 0.6 is 0 Å². The number of carbonyl (C=O) groups is 1. The highest BCUT2D eigenvalue weighted by atomic mass is 16.5. The summed E-state index contributed by atoms with van der Waals surface area (Å²) >= 11 is 0. The lowest BCUT2D eigenvalue weighted by atomic mass is 10.1. The van der Waals surface area contributed by atoms with Crippen molar-refractivity contribution in [2.45, 2.75) is 18.9 Å². The maximum Gasteiger partial charge on any atom is 0.319 e. The van der Waals surface area contributed by atoms with Gasteiger partial charge in [0.25, 0.3) is 0 Å². The molecule has 2 aromatic rings. The van der Waals surface area contributed by atoms with Crippen LogP contribution in [-0.2, 0) is 11.2 Å². The lowest BCUT2D eigenvalue weighted by Gasteiger charge is -2.27. The number of hydrogen-bond donors (Lipinski definition) is 2. The number of pyridine rings is 1. The molecule has 2 N–H and O–H groups in total. The molecule has 130 valence electrons. The Hall–Kier alpha value is -2.60. The Kier molecular flexibility index (Phi) is 4.52. The van der Waals surface area contributed by atoms with Crippen molar-refractivity contribution in [1.29, 1.82) is 0 Å². The van der Waals surface area contributed by atoms with Crippen molar-refractivity contribution in [3.05, 3.63) is 53.7 Å². The van der Waals surface area contributed by atoms with Crippen LogP contribution in [-0.4, -0.2) is 37.3 Å². The molecular formula is C19H22N4O2. The Morgan fingerprint density at radius 1 is 1.16 bits per heavy atom. The molecule has 0 radical (unpaired) electrons. The Morgan fingerprint density at radius 2 is 2.00 bits per heavy atom. The monoisotopic (exact) mass is 338 g/mol. The number of benzene rings is 1. The van der Waals surface area contributed by atoms with Crippen molar-refractivity contribution >= 4 is 17.5 Å². The first kappa shape index (κ1) is 15.9. The van der Waals surface area contributed by atoms with E-state index in [4.69, 9.17) is 4.74 Å². The molecule has 2 aliphatic rings. The molecule has 1 aliphatic heterocycles. The highest BCUT2D eigenvalue weighted by Gasteiger charge is 2.23. The van der Waals surface area contributed by atoms with E-state index in [9.17, 15) is 4.79 Å². The van der Waals surface area contributed by atoms with Crippen molar-refractivity contribution in [3.63, 3.8) is 0 Å². The quantitative estimate of drug-likeness (QED) is 0.903. The van der Waals surface area contributed by atoms with E-state index in [1.54, 1.807) is 6.20 Å². The number of aryl methyl sites for hydroxylation is 1. The zero-order chi connectivity index (χ0) is 17.1. The van der Waals surface area contributed by atoms with Crippen molar-refractivity contribution in [2.75, 3.05) is 36.5 Å². The summed E-state index contributed by atoms with van der Waals surface area (Å²) in [6.45, 7) is 3.16. The van der Waals surface area contributed by atoms with Gasteiger partial charge < -0.3 is 20.3 Å². The van der Waals surface area contributed by atoms with Crippen LogP contribution in [0.3, 0.4) is 0 Å². The van der Waals surface area contributed by atoms with E-state index < -0.39 is 0 Å². The van der Waals surface area contributed by atoms with Gasteiger partial charge in [-0.3, -0.25) is 0 Å². The molecule has 6 heteroatoms. The average Bonchev–Trinajstić information content (AvgIpc) is 3.06. The van der Waals surface area contributed by atoms with Gasteiger partial charge in [0.05, 0.1) is 31.1 Å². The van der Waals surface area contributed by atoms with Crippen LogP contribution in [0.15, 0.2) is 42.6 Å². The number of aromatic nitrogens is 1. The van der Waals surface area contributed by atoms with E-state index in [0.717, 1.165) is 45.0 Å². The standard InChI is InChI=1S/C19H22N4O2/c24-19(22-17-7-5-14-3-1-2-4-16(14)17)21-15-6-8-18(20-13-15)23-9-11-25-12-10-23/h1-4,6,8,13,17H,5,7,9-12H2,(H2,21,22,24)/t17-/m0/s1. The second kappa shape index (κ2) is 7.11. The molecule has 4 rings (SSSR count). The van der Waals surface area contributed by atoms with Gasteiger partial charge in [-0.05, 0) is 36.1 Å². The van der Waals surface area contributed by atoms with E-state index >= 15 is 0 Å². The molecule has 2 amide bonds. The van der Waals surface area contributed by atoms with Crippen LogP contribution in [0.25, 0.3) is 0 Å².